The van der Waals surface area contributed by atoms with E-state index in [9.17, 15) is 8.78 Å². The summed E-state index contributed by atoms with van der Waals surface area (Å²) in [6.07, 6.45) is 1.17. The number of hydrogen-bond donors (Lipinski definition) is 1. The van der Waals surface area contributed by atoms with Crippen molar-refractivity contribution in [2.75, 3.05) is 20.8 Å². The number of hydrogen-bond acceptors (Lipinski definition) is 2. The maximum absolute atomic E-state index is 13.5. The number of ether oxygens (including phenoxy) is 1. The van der Waals surface area contributed by atoms with Gasteiger partial charge in [-0.25, -0.2) is 8.78 Å². The van der Waals surface area contributed by atoms with Gasteiger partial charge < -0.3 is 10.1 Å². The van der Waals surface area contributed by atoms with Gasteiger partial charge in [-0.05, 0) is 37.9 Å². The topological polar surface area (TPSA) is 21.3 Å². The van der Waals surface area contributed by atoms with E-state index in [2.05, 4.69) is 12.2 Å². The molecule has 2 nitrogen and oxygen atoms in total. The largest absolute Gasteiger partial charge is 0.384 e. The maximum atomic E-state index is 13.5. The lowest BCUT2D eigenvalue weighted by molar-refractivity contribution is 0.149. The molecule has 0 bridgehead atoms. The molecule has 0 saturated heterocycles. The Bertz CT molecular complexity index is 351. The normalized spacial score (nSPS) is 14.5. The van der Waals surface area contributed by atoms with Crippen LogP contribution in [0.3, 0.4) is 0 Å². The molecule has 0 aliphatic rings. The summed E-state index contributed by atoms with van der Waals surface area (Å²) in [4.78, 5) is 0. The van der Waals surface area contributed by atoms with Crippen molar-refractivity contribution in [3.8, 4) is 0 Å². The predicted molar refractivity (Wildman–Crippen MR) is 68.6 cm³/mol. The first-order chi connectivity index (χ1) is 8.58. The van der Waals surface area contributed by atoms with Crippen LogP contribution in [-0.4, -0.2) is 26.8 Å². The summed E-state index contributed by atoms with van der Waals surface area (Å²) in [5, 5.41) is 3.11. The van der Waals surface area contributed by atoms with Crippen molar-refractivity contribution >= 4 is 0 Å². The van der Waals surface area contributed by atoms with Crippen LogP contribution in [0.1, 0.15) is 18.9 Å². The molecule has 0 fully saturated rings. The summed E-state index contributed by atoms with van der Waals surface area (Å²) < 4.78 is 32.2. The van der Waals surface area contributed by atoms with Crippen molar-refractivity contribution in [2.24, 2.45) is 5.92 Å². The van der Waals surface area contributed by atoms with Gasteiger partial charge in [-0.3, -0.25) is 0 Å². The van der Waals surface area contributed by atoms with E-state index < -0.39 is 11.6 Å². The number of benzene rings is 1. The molecule has 0 spiro atoms. The van der Waals surface area contributed by atoms with Crippen LogP contribution in [0.25, 0.3) is 0 Å². The fourth-order valence-corrected chi connectivity index (χ4v) is 2.12. The number of nitrogens with one attached hydrogen (secondary N) is 1. The molecule has 0 saturated carbocycles. The molecule has 18 heavy (non-hydrogen) atoms. The SMILES string of the molecule is CNC(Cc1c(F)cccc1F)CC(C)COC. The molecule has 2 atom stereocenters. The van der Waals surface area contributed by atoms with Gasteiger partial charge in [-0.2, -0.15) is 0 Å². The van der Waals surface area contributed by atoms with E-state index in [4.69, 9.17) is 4.74 Å². The van der Waals surface area contributed by atoms with Crippen LogP contribution in [0.4, 0.5) is 8.78 Å². The summed E-state index contributed by atoms with van der Waals surface area (Å²) in [5.74, 6) is -0.605. The van der Waals surface area contributed by atoms with E-state index >= 15 is 0 Å². The number of rotatable bonds is 7. The van der Waals surface area contributed by atoms with Gasteiger partial charge in [0, 0.05) is 25.3 Å². The van der Waals surface area contributed by atoms with Gasteiger partial charge in [0.1, 0.15) is 11.6 Å². The highest BCUT2D eigenvalue weighted by atomic mass is 19.1. The fraction of sp³-hybridized carbons (Fsp3) is 0.571. The summed E-state index contributed by atoms with van der Waals surface area (Å²) in [6.45, 7) is 2.71. The molecular weight excluding hydrogens is 236 g/mol. The van der Waals surface area contributed by atoms with Gasteiger partial charge in [-0.1, -0.05) is 13.0 Å². The van der Waals surface area contributed by atoms with E-state index in [-0.39, 0.29) is 11.6 Å². The summed E-state index contributed by atoms with van der Waals surface area (Å²) in [7, 11) is 3.46. The van der Waals surface area contributed by atoms with E-state index in [1.807, 2.05) is 7.05 Å². The van der Waals surface area contributed by atoms with Crippen LogP contribution in [0.15, 0.2) is 18.2 Å². The Morgan fingerprint density at radius 3 is 2.39 bits per heavy atom. The lowest BCUT2D eigenvalue weighted by Gasteiger charge is -2.20. The average Bonchev–Trinajstić information content (AvgIpc) is 2.33. The second-order valence-electron chi connectivity index (χ2n) is 4.69. The molecule has 1 rings (SSSR count). The Balaban J connectivity index is 2.68. The lowest BCUT2D eigenvalue weighted by Crippen LogP contribution is -2.31. The zero-order chi connectivity index (χ0) is 13.5. The van der Waals surface area contributed by atoms with Crippen LogP contribution in [0, 0.1) is 17.6 Å². The zero-order valence-electron chi connectivity index (χ0n) is 11.2. The van der Waals surface area contributed by atoms with Crippen LogP contribution in [0.2, 0.25) is 0 Å². The highest BCUT2D eigenvalue weighted by Crippen LogP contribution is 2.17. The van der Waals surface area contributed by atoms with Gasteiger partial charge in [0.05, 0.1) is 0 Å². The molecule has 0 amide bonds. The Morgan fingerprint density at radius 1 is 1.28 bits per heavy atom. The highest BCUT2D eigenvalue weighted by molar-refractivity contribution is 5.20. The van der Waals surface area contributed by atoms with Crippen molar-refractivity contribution in [3.63, 3.8) is 0 Å². The van der Waals surface area contributed by atoms with Crippen molar-refractivity contribution < 1.29 is 13.5 Å². The minimum Gasteiger partial charge on any atom is -0.384 e. The van der Waals surface area contributed by atoms with E-state index in [0.29, 0.717) is 18.9 Å². The molecule has 0 aliphatic carbocycles. The Kier molecular flexibility index (Phi) is 6.22. The fourth-order valence-electron chi connectivity index (χ4n) is 2.12. The number of methoxy groups -OCH3 is 1. The van der Waals surface area contributed by atoms with E-state index in [1.54, 1.807) is 7.11 Å². The van der Waals surface area contributed by atoms with Crippen molar-refractivity contribution in [2.45, 2.75) is 25.8 Å². The zero-order valence-corrected chi connectivity index (χ0v) is 11.2. The second-order valence-corrected chi connectivity index (χ2v) is 4.69. The summed E-state index contributed by atoms with van der Waals surface area (Å²) in [5.41, 5.74) is 0.154. The quantitative estimate of drug-likeness (QED) is 0.811. The van der Waals surface area contributed by atoms with Crippen LogP contribution in [-0.2, 0) is 11.2 Å². The smallest absolute Gasteiger partial charge is 0.129 e. The van der Waals surface area contributed by atoms with Gasteiger partial charge in [-0.15, -0.1) is 0 Å². The number of likely N-dealkylation sites (N-methyl/N-ethyl adjacent to an activating group) is 1. The average molecular weight is 257 g/mol. The Morgan fingerprint density at radius 2 is 1.89 bits per heavy atom. The molecule has 4 heteroatoms. The molecule has 0 heterocycles. The highest BCUT2D eigenvalue weighted by Gasteiger charge is 2.16. The summed E-state index contributed by atoms with van der Waals surface area (Å²) >= 11 is 0. The minimum absolute atomic E-state index is 0.0431. The van der Waals surface area contributed by atoms with Crippen molar-refractivity contribution in [1.29, 1.82) is 0 Å². The van der Waals surface area contributed by atoms with Crippen LogP contribution in [0.5, 0.6) is 0 Å². The first kappa shape index (κ1) is 15.1. The molecule has 0 aliphatic heterocycles. The first-order valence-electron chi connectivity index (χ1n) is 6.17. The molecule has 0 aromatic heterocycles. The van der Waals surface area contributed by atoms with E-state index in [0.717, 1.165) is 6.42 Å². The standard InChI is InChI=1S/C14H21F2NO/c1-10(9-18-3)7-11(17-2)8-12-13(15)5-4-6-14(12)16/h4-6,10-11,17H,7-9H2,1-3H3. The third kappa shape index (κ3) is 4.35. The molecule has 0 radical (unpaired) electrons. The summed E-state index contributed by atoms with van der Waals surface area (Å²) in [6, 6.07) is 4.02. The third-order valence-corrected chi connectivity index (χ3v) is 3.06. The molecule has 1 aromatic carbocycles. The van der Waals surface area contributed by atoms with Crippen molar-refractivity contribution in [1.82, 2.24) is 5.32 Å². The molecule has 1 aromatic rings. The monoisotopic (exact) mass is 257 g/mol. The van der Waals surface area contributed by atoms with Gasteiger partial charge in [0.15, 0.2) is 0 Å². The molecule has 2 unspecified atom stereocenters. The molecular formula is C14H21F2NO. The van der Waals surface area contributed by atoms with Crippen LogP contribution >= 0.6 is 0 Å². The number of halogens is 2. The Hall–Kier alpha value is -1.00. The maximum Gasteiger partial charge on any atom is 0.129 e. The van der Waals surface area contributed by atoms with Crippen molar-refractivity contribution in [3.05, 3.63) is 35.4 Å². The van der Waals surface area contributed by atoms with Gasteiger partial charge >= 0.3 is 0 Å². The lowest BCUT2D eigenvalue weighted by atomic mass is 9.96. The first-order valence-corrected chi connectivity index (χ1v) is 6.17. The Labute approximate surface area is 107 Å². The van der Waals surface area contributed by atoms with Gasteiger partial charge in [0.2, 0.25) is 0 Å². The van der Waals surface area contributed by atoms with Crippen LogP contribution < -0.4 is 5.32 Å². The molecule has 102 valence electrons. The molecule has 1 N–H and O–H groups in total. The van der Waals surface area contributed by atoms with E-state index in [1.165, 1.54) is 18.2 Å². The predicted octanol–water partition coefficient (Wildman–Crippen LogP) is 2.77. The van der Waals surface area contributed by atoms with Gasteiger partial charge in [0.25, 0.3) is 0 Å². The minimum atomic E-state index is -0.477. The second kappa shape index (κ2) is 7.44. The third-order valence-electron chi connectivity index (χ3n) is 3.06.